The molecule has 0 spiro atoms. The zero-order chi connectivity index (χ0) is 9.68. The maximum atomic E-state index is 10.5. The van der Waals surface area contributed by atoms with E-state index < -0.39 is 0 Å². The highest BCUT2D eigenvalue weighted by molar-refractivity contribution is 6.17. The monoisotopic (exact) mass is 197 g/mol. The summed E-state index contributed by atoms with van der Waals surface area (Å²) >= 11 is 5.56. The number of carbonyl (C=O) groups is 1. The highest BCUT2D eigenvalue weighted by atomic mass is 35.5. The first-order valence-corrected chi connectivity index (χ1v) is 4.71. The number of hydrogen-bond donors (Lipinski definition) is 1. The van der Waals surface area contributed by atoms with Crippen molar-refractivity contribution in [2.45, 2.75) is 12.8 Å². The molecule has 0 radical (unpaired) electrons. The summed E-state index contributed by atoms with van der Waals surface area (Å²) in [5.74, 6) is 0.648. The number of halogens is 1. The Balaban J connectivity index is 2.77. The fraction of sp³-hybridized carbons (Fsp3) is 0.300. The maximum Gasteiger partial charge on any atom is 0.152 e. The third-order valence-electron chi connectivity index (χ3n) is 1.88. The van der Waals surface area contributed by atoms with E-state index in [1.165, 1.54) is 0 Å². The van der Waals surface area contributed by atoms with Gasteiger partial charge in [-0.25, -0.2) is 0 Å². The van der Waals surface area contributed by atoms with Crippen molar-refractivity contribution in [2.75, 3.05) is 11.6 Å². The molecular weight excluding hydrogens is 186 g/mol. The molecule has 2 N–H and O–H groups in total. The number of nitrogen functional groups attached to an aromatic ring is 1. The van der Waals surface area contributed by atoms with E-state index in [1.54, 1.807) is 6.07 Å². The molecule has 0 atom stereocenters. The van der Waals surface area contributed by atoms with Gasteiger partial charge in [0.1, 0.15) is 0 Å². The van der Waals surface area contributed by atoms with Crippen LogP contribution < -0.4 is 5.73 Å². The first-order valence-electron chi connectivity index (χ1n) is 4.17. The van der Waals surface area contributed by atoms with E-state index in [9.17, 15) is 4.79 Å². The van der Waals surface area contributed by atoms with Crippen LogP contribution in [0.5, 0.6) is 0 Å². The van der Waals surface area contributed by atoms with Crippen LogP contribution in [-0.2, 0) is 6.42 Å². The van der Waals surface area contributed by atoms with Gasteiger partial charge in [0.2, 0.25) is 0 Å². The summed E-state index contributed by atoms with van der Waals surface area (Å²) in [5.41, 5.74) is 7.86. The van der Waals surface area contributed by atoms with Crippen LogP contribution >= 0.6 is 11.6 Å². The first-order chi connectivity index (χ1) is 6.27. The predicted molar refractivity (Wildman–Crippen MR) is 55.3 cm³/mol. The minimum Gasteiger partial charge on any atom is -0.398 e. The first kappa shape index (κ1) is 10.1. The smallest absolute Gasteiger partial charge is 0.152 e. The van der Waals surface area contributed by atoms with Crippen LogP contribution in [0.1, 0.15) is 22.3 Å². The molecule has 0 aromatic heterocycles. The Morgan fingerprint density at radius 1 is 1.46 bits per heavy atom. The van der Waals surface area contributed by atoms with Gasteiger partial charge in [0.15, 0.2) is 6.29 Å². The van der Waals surface area contributed by atoms with Crippen LogP contribution in [0.3, 0.4) is 0 Å². The second kappa shape index (κ2) is 4.87. The number of rotatable bonds is 4. The molecule has 0 aliphatic carbocycles. The summed E-state index contributed by atoms with van der Waals surface area (Å²) in [5, 5.41) is 0. The molecule has 1 aromatic rings. The van der Waals surface area contributed by atoms with Gasteiger partial charge in [0.05, 0.1) is 0 Å². The second-order valence-corrected chi connectivity index (χ2v) is 3.25. The highest BCUT2D eigenvalue weighted by Gasteiger charge is 1.99. The highest BCUT2D eigenvalue weighted by Crippen LogP contribution is 2.13. The predicted octanol–water partition coefficient (Wildman–Crippen LogP) is 2.25. The minimum atomic E-state index is 0.544. The lowest BCUT2D eigenvalue weighted by Gasteiger charge is -2.02. The molecule has 0 saturated heterocycles. The van der Waals surface area contributed by atoms with Gasteiger partial charge in [-0.15, -0.1) is 11.6 Å². The Morgan fingerprint density at radius 3 is 2.77 bits per heavy atom. The largest absolute Gasteiger partial charge is 0.398 e. The number of aldehydes is 1. The quantitative estimate of drug-likeness (QED) is 0.457. The molecule has 70 valence electrons. The van der Waals surface area contributed by atoms with Gasteiger partial charge < -0.3 is 5.73 Å². The van der Waals surface area contributed by atoms with Crippen molar-refractivity contribution >= 4 is 23.6 Å². The van der Waals surface area contributed by atoms with Crippen LogP contribution in [0, 0.1) is 0 Å². The van der Waals surface area contributed by atoms with Crippen molar-refractivity contribution in [1.82, 2.24) is 0 Å². The molecule has 0 amide bonds. The Kier molecular flexibility index (Phi) is 3.77. The number of carbonyl (C=O) groups excluding carboxylic acids is 1. The number of alkyl halides is 1. The van der Waals surface area contributed by atoms with Gasteiger partial charge in [-0.1, -0.05) is 6.07 Å². The molecule has 0 unspecified atom stereocenters. The van der Waals surface area contributed by atoms with E-state index in [-0.39, 0.29) is 0 Å². The van der Waals surface area contributed by atoms with Gasteiger partial charge in [-0.2, -0.15) is 0 Å². The average molecular weight is 198 g/mol. The zero-order valence-electron chi connectivity index (χ0n) is 7.29. The summed E-state index contributed by atoms with van der Waals surface area (Å²) in [6.45, 7) is 0. The molecular formula is C10H12ClNO. The van der Waals surface area contributed by atoms with Gasteiger partial charge in [-0.3, -0.25) is 4.79 Å². The zero-order valence-corrected chi connectivity index (χ0v) is 8.05. The number of nitrogens with two attached hydrogens (primary N) is 1. The van der Waals surface area contributed by atoms with Crippen LogP contribution in [0.25, 0.3) is 0 Å². The lowest BCUT2D eigenvalue weighted by atomic mass is 10.1. The van der Waals surface area contributed by atoms with E-state index in [4.69, 9.17) is 17.3 Å². The van der Waals surface area contributed by atoms with E-state index in [0.29, 0.717) is 17.1 Å². The summed E-state index contributed by atoms with van der Waals surface area (Å²) in [7, 11) is 0. The van der Waals surface area contributed by atoms with E-state index >= 15 is 0 Å². The summed E-state index contributed by atoms with van der Waals surface area (Å²) in [6, 6.07) is 5.48. The molecule has 1 rings (SSSR count). The second-order valence-electron chi connectivity index (χ2n) is 2.87. The van der Waals surface area contributed by atoms with Crippen molar-refractivity contribution < 1.29 is 4.79 Å². The summed E-state index contributed by atoms with van der Waals surface area (Å²) in [6.07, 6.45) is 2.61. The van der Waals surface area contributed by atoms with Gasteiger partial charge in [0, 0.05) is 17.1 Å². The Morgan fingerprint density at radius 2 is 2.23 bits per heavy atom. The summed E-state index contributed by atoms with van der Waals surface area (Å²) in [4.78, 5) is 10.5. The number of anilines is 1. The van der Waals surface area contributed by atoms with E-state index in [2.05, 4.69) is 0 Å². The molecule has 0 saturated carbocycles. The standard InChI is InChI=1S/C10H12ClNO/c11-5-1-2-8-3-4-9(7-13)10(12)6-8/h3-4,6-7H,1-2,5,12H2. The topological polar surface area (TPSA) is 43.1 Å². The fourth-order valence-corrected chi connectivity index (χ4v) is 1.29. The van der Waals surface area contributed by atoms with Crippen molar-refractivity contribution in [3.8, 4) is 0 Å². The fourth-order valence-electron chi connectivity index (χ4n) is 1.16. The van der Waals surface area contributed by atoms with E-state index in [0.717, 1.165) is 24.7 Å². The Bertz CT molecular complexity index is 299. The third-order valence-corrected chi connectivity index (χ3v) is 2.14. The van der Waals surface area contributed by atoms with Crippen LogP contribution in [0.15, 0.2) is 18.2 Å². The molecule has 0 bridgehead atoms. The molecule has 0 aliphatic rings. The van der Waals surface area contributed by atoms with Gasteiger partial charge in [0.25, 0.3) is 0 Å². The SMILES string of the molecule is Nc1cc(CCCCl)ccc1C=O. The van der Waals surface area contributed by atoms with E-state index in [1.807, 2.05) is 12.1 Å². The molecule has 0 fully saturated rings. The molecule has 3 heteroatoms. The molecule has 2 nitrogen and oxygen atoms in total. The summed E-state index contributed by atoms with van der Waals surface area (Å²) < 4.78 is 0. The van der Waals surface area contributed by atoms with Crippen molar-refractivity contribution in [3.05, 3.63) is 29.3 Å². The minimum absolute atomic E-state index is 0.544. The number of hydrogen-bond acceptors (Lipinski definition) is 2. The van der Waals surface area contributed by atoms with Gasteiger partial charge >= 0.3 is 0 Å². The van der Waals surface area contributed by atoms with Crippen molar-refractivity contribution in [2.24, 2.45) is 0 Å². The Labute approximate surface area is 82.7 Å². The Hall–Kier alpha value is -1.02. The maximum absolute atomic E-state index is 10.5. The van der Waals surface area contributed by atoms with Crippen LogP contribution in [-0.4, -0.2) is 12.2 Å². The normalized spacial score (nSPS) is 9.92. The molecule has 0 aliphatic heterocycles. The van der Waals surface area contributed by atoms with Crippen molar-refractivity contribution in [3.63, 3.8) is 0 Å². The lowest BCUT2D eigenvalue weighted by Crippen LogP contribution is -1.95. The molecule has 1 aromatic carbocycles. The van der Waals surface area contributed by atoms with Crippen LogP contribution in [0.2, 0.25) is 0 Å². The lowest BCUT2D eigenvalue weighted by molar-refractivity contribution is 0.112. The third kappa shape index (κ3) is 2.74. The number of benzene rings is 1. The van der Waals surface area contributed by atoms with Crippen LogP contribution in [0.4, 0.5) is 5.69 Å². The average Bonchev–Trinajstić information content (AvgIpc) is 2.15. The van der Waals surface area contributed by atoms with Crippen molar-refractivity contribution in [1.29, 1.82) is 0 Å². The molecule has 0 heterocycles. The molecule has 13 heavy (non-hydrogen) atoms. The number of aryl methyl sites for hydroxylation is 1. The van der Waals surface area contributed by atoms with Gasteiger partial charge in [-0.05, 0) is 30.5 Å².